The fourth-order valence-electron chi connectivity index (χ4n) is 1.29. The first kappa shape index (κ1) is 13.5. The summed E-state index contributed by atoms with van der Waals surface area (Å²) in [6.07, 6.45) is 1.12. The molecule has 0 saturated heterocycles. The number of benzene rings is 1. The van der Waals surface area contributed by atoms with E-state index in [1.807, 2.05) is 0 Å². The summed E-state index contributed by atoms with van der Waals surface area (Å²) in [4.78, 5) is 11.3. The second-order valence-corrected chi connectivity index (χ2v) is 6.37. The Labute approximate surface area is 101 Å². The zero-order valence-corrected chi connectivity index (χ0v) is 10.8. The lowest BCUT2D eigenvalue weighted by Gasteiger charge is -2.24. The second-order valence-electron chi connectivity index (χ2n) is 4.38. The van der Waals surface area contributed by atoms with E-state index in [4.69, 9.17) is 5.73 Å². The molecule has 0 bridgehead atoms. The summed E-state index contributed by atoms with van der Waals surface area (Å²) in [6.45, 7) is 3.18. The predicted octanol–water partition coefficient (Wildman–Crippen LogP) is 0.766. The van der Waals surface area contributed by atoms with E-state index in [0.29, 0.717) is 5.69 Å². The van der Waals surface area contributed by atoms with Gasteiger partial charge in [0, 0.05) is 6.26 Å². The smallest absolute Gasteiger partial charge is 0.242 e. The minimum Gasteiger partial charge on any atom is -0.371 e. The molecule has 1 aromatic carbocycles. The number of rotatable bonds is 4. The molecule has 94 valence electrons. The van der Waals surface area contributed by atoms with Gasteiger partial charge in [0.2, 0.25) is 5.91 Å². The minimum atomic E-state index is -3.35. The average Bonchev–Trinajstić information content (AvgIpc) is 2.15. The van der Waals surface area contributed by atoms with E-state index in [-0.39, 0.29) is 4.90 Å². The van der Waals surface area contributed by atoms with Gasteiger partial charge in [-0.05, 0) is 26.0 Å². The number of sulfone groups is 1. The van der Waals surface area contributed by atoms with E-state index in [0.717, 1.165) is 6.26 Å². The quantitative estimate of drug-likeness (QED) is 0.832. The van der Waals surface area contributed by atoms with E-state index in [9.17, 15) is 13.2 Å². The van der Waals surface area contributed by atoms with Crippen molar-refractivity contribution in [3.63, 3.8) is 0 Å². The van der Waals surface area contributed by atoms with Gasteiger partial charge in [0.25, 0.3) is 0 Å². The lowest BCUT2D eigenvalue weighted by Crippen LogP contribution is -2.45. The standard InChI is InChI=1S/C11H16N2O3S/c1-11(2,10(12)14)13-8-6-4-5-7-9(8)17(3,15)16/h4-7,13H,1-3H3,(H2,12,14). The molecular weight excluding hydrogens is 240 g/mol. The third kappa shape index (κ3) is 3.20. The largest absolute Gasteiger partial charge is 0.371 e. The van der Waals surface area contributed by atoms with Gasteiger partial charge >= 0.3 is 0 Å². The summed E-state index contributed by atoms with van der Waals surface area (Å²) >= 11 is 0. The van der Waals surface area contributed by atoms with Crippen LogP contribution in [0.4, 0.5) is 5.69 Å². The number of para-hydroxylation sites is 1. The monoisotopic (exact) mass is 256 g/mol. The molecule has 0 atom stereocenters. The van der Waals surface area contributed by atoms with Crippen molar-refractivity contribution in [2.45, 2.75) is 24.3 Å². The summed E-state index contributed by atoms with van der Waals surface area (Å²) in [5, 5.41) is 2.84. The van der Waals surface area contributed by atoms with Gasteiger partial charge in [-0.1, -0.05) is 12.1 Å². The molecule has 0 radical (unpaired) electrons. The number of carbonyl (C=O) groups is 1. The maximum absolute atomic E-state index is 11.6. The molecule has 3 N–H and O–H groups in total. The van der Waals surface area contributed by atoms with Crippen molar-refractivity contribution < 1.29 is 13.2 Å². The predicted molar refractivity (Wildman–Crippen MR) is 66.4 cm³/mol. The van der Waals surface area contributed by atoms with E-state index >= 15 is 0 Å². The Balaban J connectivity index is 3.21. The van der Waals surface area contributed by atoms with Gasteiger partial charge in [-0.25, -0.2) is 8.42 Å². The van der Waals surface area contributed by atoms with Crippen molar-refractivity contribution in [3.05, 3.63) is 24.3 Å². The minimum absolute atomic E-state index is 0.148. The van der Waals surface area contributed by atoms with Gasteiger partial charge in [0.15, 0.2) is 9.84 Å². The molecule has 1 amide bonds. The van der Waals surface area contributed by atoms with Gasteiger partial charge in [-0.2, -0.15) is 0 Å². The molecule has 0 fully saturated rings. The van der Waals surface area contributed by atoms with Crippen LogP contribution >= 0.6 is 0 Å². The van der Waals surface area contributed by atoms with Crippen molar-refractivity contribution in [2.24, 2.45) is 5.73 Å². The SMILES string of the molecule is CC(C)(Nc1ccccc1S(C)(=O)=O)C(N)=O. The molecule has 0 aliphatic rings. The molecule has 5 nitrogen and oxygen atoms in total. The molecule has 0 saturated carbocycles. The number of hydrogen-bond acceptors (Lipinski definition) is 4. The Morgan fingerprint density at radius 3 is 2.29 bits per heavy atom. The highest BCUT2D eigenvalue weighted by atomic mass is 32.2. The van der Waals surface area contributed by atoms with Gasteiger partial charge in [0.05, 0.1) is 10.6 Å². The van der Waals surface area contributed by atoms with E-state index in [1.54, 1.807) is 32.0 Å². The molecule has 0 spiro atoms. The fourth-order valence-corrected chi connectivity index (χ4v) is 2.14. The van der Waals surface area contributed by atoms with Crippen LogP contribution in [0.2, 0.25) is 0 Å². The summed E-state index contributed by atoms with van der Waals surface area (Å²) in [7, 11) is -3.35. The van der Waals surface area contributed by atoms with Gasteiger partial charge < -0.3 is 11.1 Å². The third-order valence-corrected chi connectivity index (χ3v) is 3.50. The molecular formula is C11H16N2O3S. The van der Waals surface area contributed by atoms with E-state index in [1.165, 1.54) is 6.07 Å². The number of nitrogens with one attached hydrogen (secondary N) is 1. The molecule has 0 aromatic heterocycles. The third-order valence-electron chi connectivity index (χ3n) is 2.35. The van der Waals surface area contributed by atoms with Crippen molar-refractivity contribution in [3.8, 4) is 0 Å². The van der Waals surface area contributed by atoms with Crippen LogP contribution in [-0.4, -0.2) is 26.1 Å². The number of hydrogen-bond donors (Lipinski definition) is 2. The number of primary amides is 1. The fraction of sp³-hybridized carbons (Fsp3) is 0.364. The number of anilines is 1. The first-order valence-corrected chi connectivity index (χ1v) is 6.91. The summed E-state index contributed by atoms with van der Waals surface area (Å²) in [5.41, 5.74) is 4.59. The maximum atomic E-state index is 11.6. The molecule has 0 aliphatic carbocycles. The molecule has 1 aromatic rings. The second kappa shape index (κ2) is 4.37. The van der Waals surface area contributed by atoms with Crippen LogP contribution in [0, 0.1) is 0 Å². The van der Waals surface area contributed by atoms with Crippen LogP contribution in [0.15, 0.2) is 29.2 Å². The molecule has 1 rings (SSSR count). The maximum Gasteiger partial charge on any atom is 0.242 e. The van der Waals surface area contributed by atoms with Crippen molar-refractivity contribution in [1.82, 2.24) is 0 Å². The van der Waals surface area contributed by atoms with Crippen molar-refractivity contribution in [2.75, 3.05) is 11.6 Å². The van der Waals surface area contributed by atoms with Gasteiger partial charge in [-0.15, -0.1) is 0 Å². The highest BCUT2D eigenvalue weighted by Gasteiger charge is 2.26. The Bertz CT molecular complexity index is 535. The van der Waals surface area contributed by atoms with Gasteiger partial charge in [0.1, 0.15) is 5.54 Å². The van der Waals surface area contributed by atoms with Crippen molar-refractivity contribution >= 4 is 21.4 Å². The van der Waals surface area contributed by atoms with Crippen LogP contribution in [0.1, 0.15) is 13.8 Å². The Morgan fingerprint density at radius 2 is 1.82 bits per heavy atom. The Kier molecular flexibility index (Phi) is 3.47. The Morgan fingerprint density at radius 1 is 1.29 bits per heavy atom. The lowest BCUT2D eigenvalue weighted by atomic mass is 10.0. The first-order chi connectivity index (χ1) is 7.64. The molecule has 0 unspecified atom stereocenters. The number of amides is 1. The first-order valence-electron chi connectivity index (χ1n) is 5.02. The molecule has 0 heterocycles. The number of carbonyl (C=O) groups excluding carboxylic acids is 1. The zero-order chi connectivity index (χ0) is 13.3. The molecule has 6 heteroatoms. The van der Waals surface area contributed by atoms with Crippen LogP contribution in [0.3, 0.4) is 0 Å². The summed E-state index contributed by atoms with van der Waals surface area (Å²) in [5.74, 6) is -0.555. The number of nitrogens with two attached hydrogens (primary N) is 1. The molecule has 0 aliphatic heterocycles. The zero-order valence-electron chi connectivity index (χ0n) is 10.0. The topological polar surface area (TPSA) is 89.3 Å². The highest BCUT2D eigenvalue weighted by molar-refractivity contribution is 7.90. The van der Waals surface area contributed by atoms with Gasteiger partial charge in [-0.3, -0.25) is 4.79 Å². The Hall–Kier alpha value is -1.56. The summed E-state index contributed by atoms with van der Waals surface area (Å²) < 4.78 is 23.1. The van der Waals surface area contributed by atoms with Crippen LogP contribution in [0.25, 0.3) is 0 Å². The van der Waals surface area contributed by atoms with Crippen LogP contribution < -0.4 is 11.1 Å². The van der Waals surface area contributed by atoms with E-state index < -0.39 is 21.3 Å². The molecule has 17 heavy (non-hydrogen) atoms. The normalized spacial score (nSPS) is 12.2. The average molecular weight is 256 g/mol. The summed E-state index contributed by atoms with van der Waals surface area (Å²) in [6, 6.07) is 6.39. The van der Waals surface area contributed by atoms with Crippen LogP contribution in [0.5, 0.6) is 0 Å². The highest BCUT2D eigenvalue weighted by Crippen LogP contribution is 2.23. The van der Waals surface area contributed by atoms with E-state index in [2.05, 4.69) is 5.32 Å². The van der Waals surface area contributed by atoms with Crippen molar-refractivity contribution in [1.29, 1.82) is 0 Å². The van der Waals surface area contributed by atoms with Crippen LogP contribution in [-0.2, 0) is 14.6 Å². The lowest BCUT2D eigenvalue weighted by molar-refractivity contribution is -0.121.